The number of fused-ring (bicyclic) bond motifs is 1. The summed E-state index contributed by atoms with van der Waals surface area (Å²) < 4.78 is 28.2. The predicted molar refractivity (Wildman–Crippen MR) is 123 cm³/mol. The third kappa shape index (κ3) is 3.73. The third-order valence-electron chi connectivity index (χ3n) is 5.33. The Bertz CT molecular complexity index is 1370. The molecule has 0 unspecified atom stereocenters. The van der Waals surface area contributed by atoms with E-state index in [2.05, 4.69) is 0 Å². The molecule has 0 amide bonds. The van der Waals surface area contributed by atoms with Crippen LogP contribution in [0.3, 0.4) is 0 Å². The van der Waals surface area contributed by atoms with Crippen molar-refractivity contribution in [3.05, 3.63) is 89.6 Å². The molecule has 4 N–H and O–H groups in total. The summed E-state index contributed by atoms with van der Waals surface area (Å²) in [7, 11) is -3.86. The maximum atomic E-state index is 13.5. The van der Waals surface area contributed by atoms with Crippen LogP contribution in [-0.4, -0.2) is 29.9 Å². The van der Waals surface area contributed by atoms with Crippen LogP contribution in [0.25, 0.3) is 22.0 Å². The summed E-state index contributed by atoms with van der Waals surface area (Å²) in [5.41, 5.74) is 10.2. The molecule has 1 heterocycles. The molecule has 0 saturated carbocycles. The van der Waals surface area contributed by atoms with Gasteiger partial charge in [-0.05, 0) is 42.7 Å². The van der Waals surface area contributed by atoms with E-state index in [1.807, 2.05) is 31.2 Å². The maximum absolute atomic E-state index is 13.5. The largest absolute Gasteiger partial charge is 0.396 e. The number of amidine groups is 1. The number of nitrogens with one attached hydrogen (secondary N) is 1. The van der Waals surface area contributed by atoms with Crippen molar-refractivity contribution in [2.24, 2.45) is 5.73 Å². The first-order valence-electron chi connectivity index (χ1n) is 9.84. The fraction of sp³-hybridized carbons (Fsp3) is 0.125. The van der Waals surface area contributed by atoms with Gasteiger partial charge in [0.15, 0.2) is 0 Å². The second kappa shape index (κ2) is 8.02. The Morgan fingerprint density at radius 1 is 1.03 bits per heavy atom. The van der Waals surface area contributed by atoms with Gasteiger partial charge in [-0.25, -0.2) is 12.4 Å². The first kappa shape index (κ1) is 20.8. The lowest BCUT2D eigenvalue weighted by Crippen LogP contribution is -2.13. The van der Waals surface area contributed by atoms with Crippen LogP contribution in [0.15, 0.2) is 77.8 Å². The molecule has 31 heavy (non-hydrogen) atoms. The van der Waals surface area contributed by atoms with Crippen LogP contribution in [0.2, 0.25) is 0 Å². The second-order valence-electron chi connectivity index (χ2n) is 7.44. The Morgan fingerprint density at radius 3 is 2.32 bits per heavy atom. The third-order valence-corrected chi connectivity index (χ3v) is 7.02. The molecule has 4 rings (SSSR count). The normalized spacial score (nSPS) is 11.7. The Balaban J connectivity index is 1.99. The van der Waals surface area contributed by atoms with Gasteiger partial charge in [-0.1, -0.05) is 54.1 Å². The van der Waals surface area contributed by atoms with Gasteiger partial charge in [0.2, 0.25) is 0 Å². The van der Waals surface area contributed by atoms with Crippen molar-refractivity contribution in [1.29, 1.82) is 5.41 Å². The number of hydrogen-bond donors (Lipinski definition) is 3. The molecular formula is C24H23N3O3S. The minimum Gasteiger partial charge on any atom is -0.396 e. The monoisotopic (exact) mass is 433 g/mol. The standard InChI is InChI=1S/C24H23N3O3S/c1-16-5-11-19(12-6-16)31(29,30)27-15-21(18-9-7-17(8-10-18)13-14-28)23-20(24(25)26)3-2-4-22(23)27/h2-12,15,28H,13-14H2,1H3,(H3,25,26). The zero-order valence-corrected chi connectivity index (χ0v) is 17.9. The lowest BCUT2D eigenvalue weighted by molar-refractivity contribution is 0.299. The van der Waals surface area contributed by atoms with Gasteiger partial charge < -0.3 is 10.8 Å². The van der Waals surface area contributed by atoms with Gasteiger partial charge in [0.1, 0.15) is 5.84 Å². The van der Waals surface area contributed by atoms with Crippen LogP contribution in [-0.2, 0) is 16.4 Å². The average Bonchev–Trinajstić information content (AvgIpc) is 3.15. The summed E-state index contributed by atoms with van der Waals surface area (Å²) in [4.78, 5) is 0.188. The highest BCUT2D eigenvalue weighted by Gasteiger charge is 2.23. The van der Waals surface area contributed by atoms with Crippen molar-refractivity contribution in [3.8, 4) is 11.1 Å². The lowest BCUT2D eigenvalue weighted by atomic mass is 9.99. The van der Waals surface area contributed by atoms with E-state index >= 15 is 0 Å². The van der Waals surface area contributed by atoms with E-state index in [4.69, 9.17) is 16.2 Å². The van der Waals surface area contributed by atoms with Crippen molar-refractivity contribution < 1.29 is 13.5 Å². The number of rotatable bonds is 6. The summed E-state index contributed by atoms with van der Waals surface area (Å²) in [6.07, 6.45) is 2.13. The smallest absolute Gasteiger partial charge is 0.268 e. The number of aromatic nitrogens is 1. The molecule has 4 aromatic rings. The van der Waals surface area contributed by atoms with Crippen LogP contribution in [0, 0.1) is 12.3 Å². The number of nitrogen functional groups attached to an aromatic ring is 1. The number of aliphatic hydroxyl groups excluding tert-OH is 1. The van der Waals surface area contributed by atoms with E-state index in [1.165, 1.54) is 3.97 Å². The van der Waals surface area contributed by atoms with Crippen LogP contribution in [0.4, 0.5) is 0 Å². The number of hydrogen-bond acceptors (Lipinski definition) is 4. The number of nitrogens with zero attached hydrogens (tertiary/aromatic N) is 1. The number of nitrogens with two attached hydrogens (primary N) is 1. The molecule has 0 atom stereocenters. The Labute approximate surface area is 181 Å². The SMILES string of the molecule is Cc1ccc(S(=O)(=O)n2cc(-c3ccc(CCO)cc3)c3c(C(=N)N)cccc32)cc1. The molecule has 1 aromatic heterocycles. The molecule has 0 spiro atoms. The molecule has 3 aromatic carbocycles. The molecule has 0 aliphatic heterocycles. The highest BCUT2D eigenvalue weighted by Crippen LogP contribution is 2.35. The number of aryl methyl sites for hydroxylation is 1. The van der Waals surface area contributed by atoms with Gasteiger partial charge in [0.05, 0.1) is 10.4 Å². The topological polar surface area (TPSA) is 109 Å². The first-order valence-corrected chi connectivity index (χ1v) is 11.3. The van der Waals surface area contributed by atoms with E-state index in [-0.39, 0.29) is 17.3 Å². The van der Waals surface area contributed by atoms with Crippen LogP contribution < -0.4 is 5.73 Å². The molecule has 0 aliphatic rings. The highest BCUT2D eigenvalue weighted by molar-refractivity contribution is 7.90. The maximum Gasteiger partial charge on any atom is 0.268 e. The van der Waals surface area contributed by atoms with Crippen molar-refractivity contribution in [1.82, 2.24) is 3.97 Å². The fourth-order valence-corrected chi connectivity index (χ4v) is 5.07. The quantitative estimate of drug-likeness (QED) is 0.318. The molecule has 0 aliphatic carbocycles. The summed E-state index contributed by atoms with van der Waals surface area (Å²) in [5.74, 6) is -0.130. The summed E-state index contributed by atoms with van der Waals surface area (Å²) in [6, 6.07) is 19.4. The molecule has 7 heteroatoms. The van der Waals surface area contributed by atoms with Gasteiger partial charge in [0.25, 0.3) is 10.0 Å². The predicted octanol–water partition coefficient (Wildman–Crippen LogP) is 3.67. The first-order chi connectivity index (χ1) is 14.8. The van der Waals surface area contributed by atoms with Gasteiger partial charge in [0, 0.05) is 29.3 Å². The summed E-state index contributed by atoms with van der Waals surface area (Å²) in [6.45, 7) is 1.96. The minimum atomic E-state index is -3.86. The Kier molecular flexibility index (Phi) is 5.39. The zero-order valence-electron chi connectivity index (χ0n) is 17.0. The molecule has 0 saturated heterocycles. The van der Waals surface area contributed by atoms with Gasteiger partial charge in [-0.2, -0.15) is 0 Å². The molecule has 0 fully saturated rings. The van der Waals surface area contributed by atoms with Crippen molar-refractivity contribution in [2.75, 3.05) is 6.61 Å². The van der Waals surface area contributed by atoms with Gasteiger partial charge >= 0.3 is 0 Å². The van der Waals surface area contributed by atoms with E-state index in [1.54, 1.807) is 48.7 Å². The van der Waals surface area contributed by atoms with Gasteiger partial charge in [-0.15, -0.1) is 0 Å². The number of aliphatic hydroxyl groups is 1. The second-order valence-corrected chi connectivity index (χ2v) is 9.26. The van der Waals surface area contributed by atoms with E-state index in [9.17, 15) is 8.42 Å². The van der Waals surface area contributed by atoms with E-state index in [0.717, 1.165) is 16.7 Å². The van der Waals surface area contributed by atoms with Crippen LogP contribution >= 0.6 is 0 Å². The average molecular weight is 434 g/mol. The zero-order chi connectivity index (χ0) is 22.2. The molecule has 0 radical (unpaired) electrons. The molecule has 0 bridgehead atoms. The summed E-state index contributed by atoms with van der Waals surface area (Å²) in [5, 5.41) is 17.8. The fourth-order valence-electron chi connectivity index (χ4n) is 3.70. The van der Waals surface area contributed by atoms with Crippen molar-refractivity contribution >= 4 is 26.8 Å². The van der Waals surface area contributed by atoms with E-state index in [0.29, 0.717) is 28.5 Å². The van der Waals surface area contributed by atoms with Crippen LogP contribution in [0.1, 0.15) is 16.7 Å². The molecule has 158 valence electrons. The Morgan fingerprint density at radius 2 is 1.71 bits per heavy atom. The number of benzene rings is 3. The van der Waals surface area contributed by atoms with E-state index < -0.39 is 10.0 Å². The highest BCUT2D eigenvalue weighted by atomic mass is 32.2. The Hall–Kier alpha value is -3.42. The molecular weight excluding hydrogens is 410 g/mol. The van der Waals surface area contributed by atoms with Gasteiger partial charge in [-0.3, -0.25) is 5.41 Å². The van der Waals surface area contributed by atoms with Crippen molar-refractivity contribution in [2.45, 2.75) is 18.2 Å². The lowest BCUT2D eigenvalue weighted by Gasteiger charge is -2.08. The summed E-state index contributed by atoms with van der Waals surface area (Å²) >= 11 is 0. The minimum absolute atomic E-state index is 0.0575. The van der Waals surface area contributed by atoms with Crippen LogP contribution in [0.5, 0.6) is 0 Å². The van der Waals surface area contributed by atoms with Crippen molar-refractivity contribution in [3.63, 3.8) is 0 Å². The molecule has 6 nitrogen and oxygen atoms in total.